The van der Waals surface area contributed by atoms with Crippen LogP contribution in [0.4, 0.5) is 0 Å². The van der Waals surface area contributed by atoms with Gasteiger partial charge in [0.2, 0.25) is 0 Å². The third kappa shape index (κ3) is 23.2. The molecule has 0 rings (SSSR count). The highest BCUT2D eigenvalue weighted by atomic mass is 35.5. The van der Waals surface area contributed by atoms with Crippen molar-refractivity contribution in [3.05, 3.63) is 35.6 Å². The van der Waals surface area contributed by atoms with Gasteiger partial charge in [-0.05, 0) is 44.8 Å². The van der Waals surface area contributed by atoms with Crippen LogP contribution in [0.5, 0.6) is 0 Å². The van der Waals surface area contributed by atoms with Crippen LogP contribution in [-0.4, -0.2) is 32.4 Å². The normalized spacial score (nSPS) is 11.8. The first-order valence-corrected chi connectivity index (χ1v) is 10.1. The Hall–Kier alpha value is -0.770. The SMILES string of the molecule is CC.CC.CC\C=C/C(=C\COC)/C=C(\CCCCl)NCOC(C)C. The van der Waals surface area contributed by atoms with E-state index in [0.29, 0.717) is 19.2 Å². The fourth-order valence-corrected chi connectivity index (χ4v) is 1.71. The zero-order valence-electron chi connectivity index (χ0n) is 17.8. The fraction of sp³-hybridized carbons (Fsp3) is 0.714. The summed E-state index contributed by atoms with van der Waals surface area (Å²) in [6, 6.07) is 0. The van der Waals surface area contributed by atoms with E-state index < -0.39 is 0 Å². The highest BCUT2D eigenvalue weighted by molar-refractivity contribution is 6.17. The minimum atomic E-state index is 0.218. The summed E-state index contributed by atoms with van der Waals surface area (Å²) in [5.74, 6) is 0.659. The number of alkyl halides is 1. The van der Waals surface area contributed by atoms with Gasteiger partial charge in [0.15, 0.2) is 0 Å². The second-order valence-electron chi connectivity index (χ2n) is 4.97. The summed E-state index contributed by atoms with van der Waals surface area (Å²) in [6.45, 7) is 15.3. The molecular weight excluding hydrogens is 334 g/mol. The van der Waals surface area contributed by atoms with Crippen molar-refractivity contribution in [2.45, 2.75) is 73.8 Å². The van der Waals surface area contributed by atoms with E-state index in [-0.39, 0.29) is 6.10 Å². The molecule has 0 aromatic carbocycles. The highest BCUT2D eigenvalue weighted by Gasteiger charge is 2.00. The summed E-state index contributed by atoms with van der Waals surface area (Å²) in [7, 11) is 1.70. The van der Waals surface area contributed by atoms with Gasteiger partial charge in [-0.2, -0.15) is 0 Å². The molecule has 4 heteroatoms. The molecule has 0 bridgehead atoms. The van der Waals surface area contributed by atoms with Crippen molar-refractivity contribution in [2.75, 3.05) is 26.3 Å². The average Bonchev–Trinajstić information content (AvgIpc) is 2.64. The molecule has 0 saturated heterocycles. The molecule has 0 atom stereocenters. The van der Waals surface area contributed by atoms with E-state index in [0.717, 1.165) is 30.5 Å². The van der Waals surface area contributed by atoms with E-state index in [4.69, 9.17) is 21.1 Å². The topological polar surface area (TPSA) is 30.5 Å². The lowest BCUT2D eigenvalue weighted by atomic mass is 10.1. The Morgan fingerprint density at radius 1 is 1.16 bits per heavy atom. The van der Waals surface area contributed by atoms with Crippen molar-refractivity contribution in [3.8, 4) is 0 Å². The molecule has 25 heavy (non-hydrogen) atoms. The molecule has 0 aromatic rings. The van der Waals surface area contributed by atoms with Crippen LogP contribution in [0, 0.1) is 0 Å². The van der Waals surface area contributed by atoms with Crippen molar-refractivity contribution in [3.63, 3.8) is 0 Å². The third-order valence-electron chi connectivity index (χ3n) is 2.67. The molecule has 0 heterocycles. The van der Waals surface area contributed by atoms with E-state index >= 15 is 0 Å². The fourth-order valence-electron chi connectivity index (χ4n) is 1.58. The maximum absolute atomic E-state index is 5.80. The Labute approximate surface area is 162 Å². The van der Waals surface area contributed by atoms with Gasteiger partial charge in [-0.1, -0.05) is 52.8 Å². The molecule has 0 unspecified atom stereocenters. The Morgan fingerprint density at radius 2 is 1.80 bits per heavy atom. The number of hydrogen-bond acceptors (Lipinski definition) is 3. The van der Waals surface area contributed by atoms with Crippen molar-refractivity contribution < 1.29 is 9.47 Å². The van der Waals surface area contributed by atoms with Crippen LogP contribution < -0.4 is 5.32 Å². The molecule has 3 nitrogen and oxygen atoms in total. The van der Waals surface area contributed by atoms with Crippen molar-refractivity contribution in [2.24, 2.45) is 0 Å². The van der Waals surface area contributed by atoms with Crippen LogP contribution in [0.15, 0.2) is 35.6 Å². The number of rotatable bonds is 12. The number of ether oxygens (including phenoxy) is 2. The van der Waals surface area contributed by atoms with Crippen LogP contribution in [0.25, 0.3) is 0 Å². The predicted octanol–water partition coefficient (Wildman–Crippen LogP) is 6.45. The van der Waals surface area contributed by atoms with Crippen molar-refractivity contribution in [1.82, 2.24) is 5.32 Å². The lowest BCUT2D eigenvalue weighted by Crippen LogP contribution is -2.20. The van der Waals surface area contributed by atoms with Gasteiger partial charge in [0, 0.05) is 18.7 Å². The summed E-state index contributed by atoms with van der Waals surface area (Å²) >= 11 is 5.80. The van der Waals surface area contributed by atoms with Crippen LogP contribution in [-0.2, 0) is 9.47 Å². The highest BCUT2D eigenvalue weighted by Crippen LogP contribution is 2.10. The van der Waals surface area contributed by atoms with Gasteiger partial charge in [-0.15, -0.1) is 11.6 Å². The van der Waals surface area contributed by atoms with Gasteiger partial charge >= 0.3 is 0 Å². The molecule has 0 radical (unpaired) electrons. The van der Waals surface area contributed by atoms with E-state index in [2.05, 4.69) is 36.5 Å². The third-order valence-corrected chi connectivity index (χ3v) is 2.94. The lowest BCUT2D eigenvalue weighted by molar-refractivity contribution is 0.0692. The van der Waals surface area contributed by atoms with Gasteiger partial charge in [0.05, 0.1) is 12.7 Å². The van der Waals surface area contributed by atoms with Gasteiger partial charge < -0.3 is 14.8 Å². The first-order chi connectivity index (χ1) is 12.1. The molecule has 0 amide bonds. The molecule has 0 aliphatic heterocycles. The number of halogens is 1. The zero-order valence-corrected chi connectivity index (χ0v) is 18.6. The minimum absolute atomic E-state index is 0.218. The Balaban J connectivity index is -0.00000112. The second-order valence-corrected chi connectivity index (χ2v) is 5.35. The summed E-state index contributed by atoms with van der Waals surface area (Å²) < 4.78 is 10.7. The summed E-state index contributed by atoms with van der Waals surface area (Å²) in [4.78, 5) is 0. The molecule has 0 fully saturated rings. The second kappa shape index (κ2) is 25.5. The lowest BCUT2D eigenvalue weighted by Gasteiger charge is -2.13. The number of nitrogens with one attached hydrogen (secondary N) is 1. The summed E-state index contributed by atoms with van der Waals surface area (Å²) in [5, 5.41) is 3.33. The van der Waals surface area contributed by atoms with Crippen molar-refractivity contribution >= 4 is 11.6 Å². The molecule has 0 aliphatic carbocycles. The van der Waals surface area contributed by atoms with Crippen LogP contribution in [0.3, 0.4) is 0 Å². The standard InChI is InChI=1S/C17H30ClNO2.2C2H6/c1-5-6-8-16(10-12-20-4)13-17(9-7-11-18)19-14-21-15(2)3;2*1-2/h6,8,10,13,15,19H,5,7,9,11-12,14H2,1-4H3;2*1-2H3/b8-6-,16-10+,17-13+;;. The zero-order chi connectivity index (χ0) is 19.9. The quantitative estimate of drug-likeness (QED) is 0.241. The molecule has 0 aliphatic rings. The molecule has 150 valence electrons. The molecule has 1 N–H and O–H groups in total. The first kappa shape index (κ1) is 29.0. The molecule has 0 spiro atoms. The van der Waals surface area contributed by atoms with Crippen LogP contribution in [0.2, 0.25) is 0 Å². The Morgan fingerprint density at radius 3 is 2.28 bits per heavy atom. The molecular formula is C21H42ClNO2. The largest absolute Gasteiger partial charge is 0.381 e. The number of methoxy groups -OCH3 is 1. The predicted molar refractivity (Wildman–Crippen MR) is 114 cm³/mol. The van der Waals surface area contributed by atoms with E-state index in [9.17, 15) is 0 Å². The molecule has 0 saturated carbocycles. The maximum atomic E-state index is 5.80. The molecule has 0 aromatic heterocycles. The van der Waals surface area contributed by atoms with E-state index in [1.807, 2.05) is 41.5 Å². The summed E-state index contributed by atoms with van der Waals surface area (Å²) in [5.41, 5.74) is 2.28. The van der Waals surface area contributed by atoms with Gasteiger partial charge in [-0.25, -0.2) is 0 Å². The smallest absolute Gasteiger partial charge is 0.116 e. The van der Waals surface area contributed by atoms with E-state index in [1.54, 1.807) is 7.11 Å². The van der Waals surface area contributed by atoms with Gasteiger partial charge in [-0.3, -0.25) is 0 Å². The average molecular weight is 376 g/mol. The number of allylic oxidation sites excluding steroid dienone is 5. The Bertz CT molecular complexity index is 337. The van der Waals surface area contributed by atoms with Gasteiger partial charge in [0.1, 0.15) is 6.73 Å². The van der Waals surface area contributed by atoms with Crippen molar-refractivity contribution in [1.29, 1.82) is 0 Å². The van der Waals surface area contributed by atoms with Crippen LogP contribution >= 0.6 is 11.6 Å². The van der Waals surface area contributed by atoms with Gasteiger partial charge in [0.25, 0.3) is 0 Å². The summed E-state index contributed by atoms with van der Waals surface area (Å²) in [6.07, 6.45) is 11.5. The first-order valence-electron chi connectivity index (χ1n) is 9.61. The minimum Gasteiger partial charge on any atom is -0.381 e. The van der Waals surface area contributed by atoms with Crippen LogP contribution in [0.1, 0.15) is 67.7 Å². The Kier molecular flexibility index (Phi) is 29.6. The maximum Gasteiger partial charge on any atom is 0.116 e. The monoisotopic (exact) mass is 375 g/mol. The van der Waals surface area contributed by atoms with E-state index in [1.165, 1.54) is 0 Å². The number of hydrogen-bond donors (Lipinski definition) is 1.